The van der Waals surface area contributed by atoms with Crippen LogP contribution < -0.4 is 10.6 Å². The lowest BCUT2D eigenvalue weighted by atomic mass is 9.82. The Bertz CT molecular complexity index is 2580. The molecule has 2 bridgehead atoms. The van der Waals surface area contributed by atoms with Crippen molar-refractivity contribution in [2.45, 2.75) is 281 Å². The van der Waals surface area contributed by atoms with Gasteiger partial charge in [0.2, 0.25) is 5.91 Å². The molecule has 7 rings (SSSR count). The first-order valence-electron chi connectivity index (χ1n) is 32.4. The van der Waals surface area contributed by atoms with Crippen LogP contribution in [0, 0.1) is 17.8 Å². The summed E-state index contributed by atoms with van der Waals surface area (Å²) in [4.78, 5) is 42.6. The lowest BCUT2D eigenvalue weighted by molar-refractivity contribution is -0.343. The second-order valence-electron chi connectivity index (χ2n) is 27.8. The fourth-order valence-corrected chi connectivity index (χ4v) is 14.7. The summed E-state index contributed by atoms with van der Waals surface area (Å²) in [5, 5.41) is 43.6. The number of likely N-dealkylation sites (N-methyl/N-ethyl adjacent to an activating group) is 2. The van der Waals surface area contributed by atoms with E-state index in [0.717, 1.165) is 19.3 Å². The summed E-state index contributed by atoms with van der Waals surface area (Å²) < 4.78 is 74.6. The first-order valence-corrected chi connectivity index (χ1v) is 36.3. The van der Waals surface area contributed by atoms with E-state index < -0.39 is 124 Å². The van der Waals surface area contributed by atoms with Crippen LogP contribution in [0.4, 0.5) is 0 Å². The summed E-state index contributed by atoms with van der Waals surface area (Å²) in [7, 11) is 4.70. The molecule has 0 aromatic carbocycles. The van der Waals surface area contributed by atoms with Crippen molar-refractivity contribution in [3.8, 4) is 0 Å². The molecule has 1 amide bonds. The normalized spacial score (nSPS) is 36.5. The maximum absolute atomic E-state index is 14.0. The van der Waals surface area contributed by atoms with Crippen LogP contribution in [0.2, 0.25) is 18.1 Å². The van der Waals surface area contributed by atoms with Crippen molar-refractivity contribution in [2.75, 3.05) is 34.8 Å². The molecule has 2 aromatic heterocycles. The number of cyclic esters (lactones) is 1. The first-order chi connectivity index (χ1) is 42.0. The molecule has 21 atom stereocenters. The number of carbonyl (C=O) groups is 3. The zero-order chi connectivity index (χ0) is 65.1. The molecule has 0 spiro atoms. The molecule has 7 heterocycles. The van der Waals surface area contributed by atoms with E-state index in [-0.39, 0.29) is 60.1 Å². The van der Waals surface area contributed by atoms with Gasteiger partial charge >= 0.3 is 11.9 Å². The topological polar surface area (TPSA) is 251 Å². The van der Waals surface area contributed by atoms with Gasteiger partial charge in [-0.2, -0.15) is 11.3 Å². The first kappa shape index (κ1) is 72.8. The van der Waals surface area contributed by atoms with E-state index in [9.17, 15) is 24.6 Å². The van der Waals surface area contributed by atoms with E-state index in [1.165, 1.54) is 5.56 Å². The van der Waals surface area contributed by atoms with Crippen molar-refractivity contribution in [1.29, 1.82) is 0 Å². The molecule has 4 N–H and O–H groups in total. The molecule has 24 heteroatoms. The number of nitrogens with zero attached hydrogens (tertiary/aromatic N) is 4. The summed E-state index contributed by atoms with van der Waals surface area (Å²) in [6.45, 7) is 26.6. The number of ether oxygens (including phenoxy) is 10. The molecular formula is C65H108N6O16SSi. The van der Waals surface area contributed by atoms with Crippen LogP contribution in [0.5, 0.6) is 0 Å². The van der Waals surface area contributed by atoms with E-state index in [4.69, 9.17) is 51.8 Å². The van der Waals surface area contributed by atoms with Gasteiger partial charge in [0.05, 0.1) is 54.8 Å². The molecule has 5 aliphatic rings. The fourth-order valence-electron chi connectivity index (χ4n) is 12.9. The third kappa shape index (κ3) is 19.7. The molecule has 89 heavy (non-hydrogen) atoms. The van der Waals surface area contributed by atoms with Gasteiger partial charge in [-0.25, -0.2) is 4.68 Å². The highest BCUT2D eigenvalue weighted by atomic mass is 32.1. The number of hydrogen-bond acceptors (Lipinski definition) is 21. The number of nitrogens with one attached hydrogen (secondary N) is 2. The highest BCUT2D eigenvalue weighted by molar-refractivity contribution is 7.07. The third-order valence-electron chi connectivity index (χ3n) is 18.8. The van der Waals surface area contributed by atoms with Crippen molar-refractivity contribution in [2.24, 2.45) is 17.8 Å². The smallest absolute Gasteiger partial charge is 0.308 e. The van der Waals surface area contributed by atoms with Crippen LogP contribution in [0.15, 0.2) is 47.3 Å². The van der Waals surface area contributed by atoms with Gasteiger partial charge in [0.1, 0.15) is 42.3 Å². The monoisotopic (exact) mass is 1290 g/mol. The van der Waals surface area contributed by atoms with Gasteiger partial charge in [0.25, 0.3) is 0 Å². The number of aliphatic hydroxyl groups is 2. The van der Waals surface area contributed by atoms with Crippen molar-refractivity contribution in [3.05, 3.63) is 58.6 Å². The zero-order valence-corrected chi connectivity index (χ0v) is 57.9. The number of amides is 1. The number of carbonyl (C=O) groups excluding carboxylic acids is 3. The molecule has 4 saturated heterocycles. The maximum Gasteiger partial charge on any atom is 0.308 e. The minimum atomic E-state index is -2.51. The summed E-state index contributed by atoms with van der Waals surface area (Å²) in [6, 6.07) is 0.981. The quantitative estimate of drug-likeness (QED) is 0.0644. The minimum Gasteiger partial charge on any atom is -0.462 e. The predicted molar refractivity (Wildman–Crippen MR) is 339 cm³/mol. The molecule has 22 nitrogen and oxygen atoms in total. The molecular weight excluding hydrogens is 1180 g/mol. The molecule has 2 aromatic rings. The maximum atomic E-state index is 14.0. The van der Waals surface area contributed by atoms with Gasteiger partial charge in [-0.3, -0.25) is 14.4 Å². The largest absolute Gasteiger partial charge is 0.462 e. The van der Waals surface area contributed by atoms with Gasteiger partial charge in [-0.1, -0.05) is 71.1 Å². The number of hydrogen-bond donors (Lipinski definition) is 4. The van der Waals surface area contributed by atoms with Crippen LogP contribution in [-0.2, 0) is 79.0 Å². The Morgan fingerprint density at radius 1 is 0.944 bits per heavy atom. The van der Waals surface area contributed by atoms with Crippen LogP contribution in [0.3, 0.4) is 0 Å². The number of rotatable bonds is 22. The standard InChI is InChI=1S/C65H108N6O16SSi/c1-38(2)55(62(75)67-30-28-44-29-31-88-37-44)71-36-46(68-69-71)23-21-25-50(72)84-61-43(7)80-54(35-65(61,11)76)85-58-42(6)81-63(57(74)56(58)70(13)14)86-59-45-32-39(3)48(82-52-27-26-47(66-12)41(5)79-52)24-20-18-19-22-40(4)78-51(73)34-49(60(59)77-15)83-53(33-45)87-89(16,17)64(8,9)10/h18-20,24,29,31,36-43,45,47-49,52-61,63,66,74,76H,21-23,25-28,30,32-35H2,1-17H3,(H,67,75)/b19-18+,24-20+/t39-,40-,41-,42-,43+,45-,47+,48+,49-,52+,53?,54+,55+,56-,57-,58-,59+,60+,61+,63+,65-/m1/s1. The summed E-state index contributed by atoms with van der Waals surface area (Å²) in [5.41, 5.74) is 0.236. The molecule has 5 aliphatic heterocycles. The number of aryl methyl sites for hydroxylation is 1. The van der Waals surface area contributed by atoms with E-state index in [0.29, 0.717) is 44.3 Å². The SMILES string of the molecule is CN[C@H]1CC[C@H](O[C@H]2/C=C/C=C/C[C@@H](C)OC(=O)C[C@H]3OC(O[Si](C)(C)C(C)(C)C)C[C@@H](C[C@H]2C)[C@H](O[C@@H]2O[C@H](C)[C@@H](O[C@H]4C[C@@](C)(O)[C@@H](OC(=O)CCCc5cn([C@H](C(=O)NCCc6ccsc6)C(C)C)nn5)[C@H](C)O4)[C@H](N(C)C)[C@H]2O)[C@H]3OC)O[C@@H]1C. The lowest BCUT2D eigenvalue weighted by Gasteiger charge is -2.50. The summed E-state index contributed by atoms with van der Waals surface area (Å²) in [5.74, 6) is -1.65. The van der Waals surface area contributed by atoms with Gasteiger partial charge < -0.3 is 77.5 Å². The van der Waals surface area contributed by atoms with Crippen molar-refractivity contribution in [3.63, 3.8) is 0 Å². The predicted octanol–water partition coefficient (Wildman–Crippen LogP) is 7.95. The van der Waals surface area contributed by atoms with E-state index >= 15 is 0 Å². The third-order valence-corrected chi connectivity index (χ3v) is 24.0. The number of fused-ring (bicyclic) bond motifs is 3. The minimum absolute atomic E-state index is 0.0407. The second-order valence-corrected chi connectivity index (χ2v) is 33.3. The summed E-state index contributed by atoms with van der Waals surface area (Å²) in [6.07, 6.45) is 2.55. The van der Waals surface area contributed by atoms with Crippen molar-refractivity contribution >= 4 is 37.5 Å². The average molecular weight is 1290 g/mol. The van der Waals surface area contributed by atoms with Gasteiger partial charge in [0.15, 0.2) is 33.3 Å². The van der Waals surface area contributed by atoms with Gasteiger partial charge in [-0.05, 0) is 153 Å². The molecule has 1 unspecified atom stereocenters. The van der Waals surface area contributed by atoms with E-state index in [2.05, 4.69) is 80.1 Å². The van der Waals surface area contributed by atoms with Crippen molar-refractivity contribution < 1.29 is 76.4 Å². The Labute approximate surface area is 534 Å². The summed E-state index contributed by atoms with van der Waals surface area (Å²) >= 11 is 1.63. The highest BCUT2D eigenvalue weighted by Gasteiger charge is 2.54. The highest BCUT2D eigenvalue weighted by Crippen LogP contribution is 2.44. The van der Waals surface area contributed by atoms with Gasteiger partial charge in [-0.15, -0.1) is 5.10 Å². The van der Waals surface area contributed by atoms with E-state index in [1.807, 2.05) is 83.4 Å². The Hall–Kier alpha value is -3.57. The number of aromatic nitrogens is 3. The van der Waals surface area contributed by atoms with Crippen LogP contribution in [-0.4, -0.2) is 201 Å². The molecule has 0 aliphatic carbocycles. The van der Waals surface area contributed by atoms with Crippen LogP contribution in [0.1, 0.15) is 151 Å². The number of esters is 2. The molecule has 0 saturated carbocycles. The zero-order valence-electron chi connectivity index (χ0n) is 56.0. The Kier molecular flexibility index (Phi) is 26.6. The Morgan fingerprint density at radius 2 is 1.69 bits per heavy atom. The fraction of sp³-hybridized carbons (Fsp3) is 0.800. The number of thiophene rings is 1. The average Bonchev–Trinajstić information content (AvgIpc) is 1.88. The molecule has 504 valence electrons. The van der Waals surface area contributed by atoms with E-state index in [1.54, 1.807) is 43.2 Å². The van der Waals surface area contributed by atoms with Crippen molar-refractivity contribution in [1.82, 2.24) is 30.5 Å². The molecule has 4 fully saturated rings. The number of allylic oxidation sites excluding steroid dienone is 2. The molecule has 0 radical (unpaired) electrons. The van der Waals surface area contributed by atoms with Gasteiger partial charge in [0, 0.05) is 51.6 Å². The second kappa shape index (κ2) is 32.5. The Morgan fingerprint density at radius 3 is 2.34 bits per heavy atom. The number of aliphatic hydroxyl groups excluding tert-OH is 1. The number of methoxy groups -OCH3 is 1. The van der Waals surface area contributed by atoms with Crippen LogP contribution >= 0.6 is 11.3 Å². The lowest BCUT2D eigenvalue weighted by Crippen LogP contribution is -2.65. The Balaban J connectivity index is 1.05. The van der Waals surface area contributed by atoms with Crippen LogP contribution in [0.25, 0.3) is 0 Å².